The minimum Gasteiger partial charge on any atom is -0.311 e. The monoisotopic (exact) mass is 468 g/mol. The number of aromatic nitrogens is 1. The first kappa shape index (κ1) is 19.6. The average molecular weight is 469 g/mol. The highest BCUT2D eigenvalue weighted by Crippen LogP contribution is 2.63. The molecule has 2 atom stereocenters. The number of rotatable bonds is 1. The molecular formula is C32H24N2S. The second-order valence-electron chi connectivity index (χ2n) is 10.4. The summed E-state index contributed by atoms with van der Waals surface area (Å²) in [6.07, 6.45) is 3.87. The highest BCUT2D eigenvalue weighted by atomic mass is 32.1. The van der Waals surface area contributed by atoms with Crippen LogP contribution >= 0.6 is 11.3 Å². The molecule has 2 aliphatic carbocycles. The average Bonchev–Trinajstić information content (AvgIpc) is 3.51. The Morgan fingerprint density at radius 2 is 1.57 bits per heavy atom. The van der Waals surface area contributed by atoms with Gasteiger partial charge >= 0.3 is 0 Å². The first-order valence-corrected chi connectivity index (χ1v) is 13.1. The standard InChI is InChI=1S/C32H24N2S/c1-32(2)23-14-6-3-11-20(23)26-27-21-12-4-7-15-24(21)34(19-10-9-17-33-18-19)30(27)28-22-13-5-8-16-25(22)35-31(28)29(26)32/h3-18,26-27H,1-2H3. The van der Waals surface area contributed by atoms with E-state index in [1.165, 1.54) is 47.9 Å². The van der Waals surface area contributed by atoms with Crippen LogP contribution in [0.2, 0.25) is 0 Å². The van der Waals surface area contributed by atoms with Gasteiger partial charge in [-0.3, -0.25) is 4.98 Å². The van der Waals surface area contributed by atoms with E-state index in [1.807, 2.05) is 29.8 Å². The molecule has 168 valence electrons. The van der Waals surface area contributed by atoms with Crippen molar-refractivity contribution in [2.45, 2.75) is 31.1 Å². The van der Waals surface area contributed by atoms with E-state index in [4.69, 9.17) is 0 Å². The van der Waals surface area contributed by atoms with Gasteiger partial charge in [0.15, 0.2) is 0 Å². The molecule has 0 fully saturated rings. The number of nitrogens with zero attached hydrogens (tertiary/aromatic N) is 2. The number of hydrogen-bond donors (Lipinski definition) is 0. The SMILES string of the molecule is CC1(C)C2=c3sc4ccccc4c3=C3C(c4ccccc4N3c3cccnc3)C2c2ccccc21. The summed E-state index contributed by atoms with van der Waals surface area (Å²) in [6.45, 7) is 4.86. The van der Waals surface area contributed by atoms with Crippen LogP contribution in [0.3, 0.4) is 0 Å². The van der Waals surface area contributed by atoms with Gasteiger partial charge in [0.05, 0.1) is 11.9 Å². The summed E-state index contributed by atoms with van der Waals surface area (Å²) in [5, 5.41) is 2.79. The minimum atomic E-state index is -0.0148. The molecule has 3 heteroatoms. The summed E-state index contributed by atoms with van der Waals surface area (Å²) in [5.74, 6) is 0.606. The van der Waals surface area contributed by atoms with Crippen molar-refractivity contribution in [3.8, 4) is 0 Å². The van der Waals surface area contributed by atoms with Crippen molar-refractivity contribution in [3.05, 3.63) is 124 Å². The highest BCUT2D eigenvalue weighted by Gasteiger charge is 2.52. The molecule has 3 aliphatic rings. The first-order valence-electron chi connectivity index (χ1n) is 12.3. The Hall–Kier alpha value is -3.69. The van der Waals surface area contributed by atoms with E-state index in [0.29, 0.717) is 5.92 Å². The Kier molecular flexibility index (Phi) is 3.76. The third-order valence-corrected chi connectivity index (χ3v) is 9.54. The Morgan fingerprint density at radius 3 is 2.43 bits per heavy atom. The molecule has 2 unspecified atom stereocenters. The molecule has 2 nitrogen and oxygen atoms in total. The van der Waals surface area contributed by atoms with E-state index in [-0.39, 0.29) is 11.3 Å². The van der Waals surface area contributed by atoms with Crippen LogP contribution in [0.5, 0.6) is 0 Å². The summed E-state index contributed by atoms with van der Waals surface area (Å²) < 4.78 is 2.83. The molecule has 3 aromatic carbocycles. The maximum atomic E-state index is 4.51. The number of pyridine rings is 1. The number of benzene rings is 3. The predicted octanol–water partition coefficient (Wildman–Crippen LogP) is 6.58. The summed E-state index contributed by atoms with van der Waals surface area (Å²) in [4.78, 5) is 7.01. The zero-order valence-corrected chi connectivity index (χ0v) is 20.5. The van der Waals surface area contributed by atoms with Gasteiger partial charge in [-0.25, -0.2) is 0 Å². The van der Waals surface area contributed by atoms with Crippen molar-refractivity contribution >= 4 is 44.1 Å². The van der Waals surface area contributed by atoms with Crippen LogP contribution in [0.1, 0.15) is 42.4 Å². The maximum Gasteiger partial charge on any atom is 0.0642 e. The Balaban J connectivity index is 1.62. The Labute approximate surface area is 208 Å². The van der Waals surface area contributed by atoms with Crippen LogP contribution in [-0.4, -0.2) is 4.98 Å². The van der Waals surface area contributed by atoms with Crippen LogP contribution in [0.25, 0.3) is 21.4 Å². The zero-order chi connectivity index (χ0) is 23.3. The Bertz CT molecular complexity index is 1790. The third-order valence-electron chi connectivity index (χ3n) is 8.34. The quantitative estimate of drug-likeness (QED) is 0.276. The van der Waals surface area contributed by atoms with Gasteiger partial charge in [0.25, 0.3) is 0 Å². The molecule has 0 spiro atoms. The minimum absolute atomic E-state index is 0.0148. The molecule has 0 saturated carbocycles. The van der Waals surface area contributed by atoms with Crippen molar-refractivity contribution < 1.29 is 0 Å². The summed E-state index contributed by atoms with van der Waals surface area (Å²) in [7, 11) is 0. The molecule has 0 radical (unpaired) electrons. The number of hydrogen-bond acceptors (Lipinski definition) is 3. The van der Waals surface area contributed by atoms with Crippen molar-refractivity contribution in [2.24, 2.45) is 0 Å². The molecule has 35 heavy (non-hydrogen) atoms. The number of fused-ring (bicyclic) bond motifs is 10. The zero-order valence-electron chi connectivity index (χ0n) is 19.7. The maximum absolute atomic E-state index is 4.51. The molecule has 3 heterocycles. The molecule has 0 amide bonds. The smallest absolute Gasteiger partial charge is 0.0642 e. The Morgan fingerprint density at radius 1 is 0.800 bits per heavy atom. The fourth-order valence-electron chi connectivity index (χ4n) is 7.03. The largest absolute Gasteiger partial charge is 0.311 e. The van der Waals surface area contributed by atoms with Crippen molar-refractivity contribution in [2.75, 3.05) is 4.90 Å². The van der Waals surface area contributed by atoms with Gasteiger partial charge in [-0.05, 0) is 46.5 Å². The summed E-state index contributed by atoms with van der Waals surface area (Å²) in [6, 6.07) is 31.4. The van der Waals surface area contributed by atoms with E-state index < -0.39 is 0 Å². The lowest BCUT2D eigenvalue weighted by molar-refractivity contribution is 0.670. The third kappa shape index (κ3) is 2.37. The number of para-hydroxylation sites is 1. The molecular weight excluding hydrogens is 444 g/mol. The lowest BCUT2D eigenvalue weighted by Gasteiger charge is -2.33. The van der Waals surface area contributed by atoms with Crippen molar-refractivity contribution in [1.82, 2.24) is 4.98 Å². The van der Waals surface area contributed by atoms with Crippen LogP contribution in [0, 0.1) is 0 Å². The highest BCUT2D eigenvalue weighted by molar-refractivity contribution is 7.17. The van der Waals surface area contributed by atoms with E-state index in [9.17, 15) is 0 Å². The molecule has 0 bridgehead atoms. The molecule has 2 aromatic heterocycles. The van der Waals surface area contributed by atoms with Crippen LogP contribution in [0.15, 0.2) is 97.3 Å². The van der Waals surface area contributed by atoms with E-state index in [0.717, 1.165) is 5.69 Å². The van der Waals surface area contributed by atoms with Gasteiger partial charge in [-0.15, -0.1) is 11.3 Å². The first-order chi connectivity index (χ1) is 17.2. The summed E-state index contributed by atoms with van der Waals surface area (Å²) >= 11 is 1.97. The van der Waals surface area contributed by atoms with E-state index in [2.05, 4.69) is 103 Å². The molecule has 8 rings (SSSR count). The molecule has 5 aromatic rings. The topological polar surface area (TPSA) is 16.1 Å². The summed E-state index contributed by atoms with van der Waals surface area (Å²) in [5.41, 5.74) is 9.78. The fourth-order valence-corrected chi connectivity index (χ4v) is 8.48. The van der Waals surface area contributed by atoms with E-state index >= 15 is 0 Å². The normalized spacial score (nSPS) is 20.9. The number of thiophene rings is 1. The van der Waals surface area contributed by atoms with Crippen LogP contribution in [0.4, 0.5) is 11.4 Å². The van der Waals surface area contributed by atoms with Gasteiger partial charge in [0, 0.05) is 54.7 Å². The second kappa shape index (κ2) is 6.71. The van der Waals surface area contributed by atoms with Crippen LogP contribution < -0.4 is 14.7 Å². The van der Waals surface area contributed by atoms with Gasteiger partial charge < -0.3 is 4.90 Å². The molecule has 0 N–H and O–H groups in total. The molecule has 1 aliphatic heterocycles. The number of anilines is 2. The van der Waals surface area contributed by atoms with Crippen LogP contribution in [-0.2, 0) is 5.41 Å². The van der Waals surface area contributed by atoms with E-state index in [1.54, 1.807) is 5.57 Å². The van der Waals surface area contributed by atoms with Gasteiger partial charge in [-0.1, -0.05) is 74.5 Å². The van der Waals surface area contributed by atoms with Gasteiger partial charge in [-0.2, -0.15) is 0 Å². The van der Waals surface area contributed by atoms with Crippen molar-refractivity contribution in [3.63, 3.8) is 0 Å². The van der Waals surface area contributed by atoms with Crippen molar-refractivity contribution in [1.29, 1.82) is 0 Å². The lowest BCUT2D eigenvalue weighted by atomic mass is 9.72. The van der Waals surface area contributed by atoms with Gasteiger partial charge in [0.2, 0.25) is 0 Å². The lowest BCUT2D eigenvalue weighted by Crippen LogP contribution is -2.39. The predicted molar refractivity (Wildman–Crippen MR) is 146 cm³/mol. The second-order valence-corrected chi connectivity index (χ2v) is 11.4. The van der Waals surface area contributed by atoms with Gasteiger partial charge in [0.1, 0.15) is 0 Å². The fraction of sp³-hybridized carbons (Fsp3) is 0.156. The molecule has 0 saturated heterocycles.